The molecule has 23 heavy (non-hydrogen) atoms. The number of hydrogen-bond donors (Lipinski definition) is 3. The molecule has 0 aliphatic heterocycles. The first-order chi connectivity index (χ1) is 10.9. The molecule has 0 saturated carbocycles. The first-order valence-corrected chi connectivity index (χ1v) is 7.61. The topological polar surface area (TPSA) is 87.4 Å². The van der Waals surface area contributed by atoms with Crippen molar-refractivity contribution in [1.82, 2.24) is 10.5 Å². The van der Waals surface area contributed by atoms with Gasteiger partial charge in [-0.3, -0.25) is 5.32 Å². The number of benzene rings is 1. The third-order valence-corrected chi connectivity index (χ3v) is 3.39. The van der Waals surface area contributed by atoms with E-state index in [9.17, 15) is 9.90 Å². The van der Waals surface area contributed by atoms with Gasteiger partial charge in [0.15, 0.2) is 11.6 Å². The van der Waals surface area contributed by atoms with Crippen LogP contribution in [-0.2, 0) is 0 Å². The summed E-state index contributed by atoms with van der Waals surface area (Å²) in [6.45, 7) is 6.17. The molecule has 2 aromatic rings. The molecule has 0 aliphatic carbocycles. The standard InChI is InChI=1S/C17H23N3O3/c1-12(21)10-17(2,3)11-18-16(22)19-15-9-14(23-20-15)13-7-5-4-6-8-13/h4-9,12,21H,10-11H2,1-3H3,(H2,18,19,20,22). The van der Waals surface area contributed by atoms with Gasteiger partial charge in [-0.1, -0.05) is 49.3 Å². The fourth-order valence-corrected chi connectivity index (χ4v) is 2.42. The third kappa shape index (κ3) is 5.41. The Bertz CT molecular complexity index is 636. The van der Waals surface area contributed by atoms with Gasteiger partial charge in [-0.05, 0) is 18.8 Å². The Morgan fingerprint density at radius 3 is 2.70 bits per heavy atom. The summed E-state index contributed by atoms with van der Waals surface area (Å²) in [5, 5.41) is 18.7. The van der Waals surface area contributed by atoms with Crippen LogP contribution < -0.4 is 10.6 Å². The van der Waals surface area contributed by atoms with Crippen molar-refractivity contribution in [2.45, 2.75) is 33.3 Å². The number of carbonyl (C=O) groups is 1. The van der Waals surface area contributed by atoms with Crippen molar-refractivity contribution in [3.63, 3.8) is 0 Å². The monoisotopic (exact) mass is 317 g/mol. The third-order valence-electron chi connectivity index (χ3n) is 3.39. The van der Waals surface area contributed by atoms with Crippen LogP contribution in [-0.4, -0.2) is 28.9 Å². The molecule has 0 bridgehead atoms. The molecular weight excluding hydrogens is 294 g/mol. The molecule has 6 heteroatoms. The number of carbonyl (C=O) groups excluding carboxylic acids is 1. The molecule has 0 fully saturated rings. The number of nitrogens with zero attached hydrogens (tertiary/aromatic N) is 1. The zero-order chi connectivity index (χ0) is 16.9. The molecule has 0 radical (unpaired) electrons. The highest BCUT2D eigenvalue weighted by Crippen LogP contribution is 2.23. The molecule has 124 valence electrons. The molecule has 2 amide bonds. The summed E-state index contributed by atoms with van der Waals surface area (Å²) in [5.41, 5.74) is 0.705. The summed E-state index contributed by atoms with van der Waals surface area (Å²) in [6, 6.07) is 10.9. The largest absolute Gasteiger partial charge is 0.393 e. The Labute approximate surface area is 135 Å². The van der Waals surface area contributed by atoms with Crippen LogP contribution in [0.4, 0.5) is 10.6 Å². The van der Waals surface area contributed by atoms with Crippen LogP contribution in [0.15, 0.2) is 40.9 Å². The average Bonchev–Trinajstić information content (AvgIpc) is 2.93. The van der Waals surface area contributed by atoms with Crippen molar-refractivity contribution < 1.29 is 14.4 Å². The minimum Gasteiger partial charge on any atom is -0.393 e. The van der Waals surface area contributed by atoms with E-state index in [0.29, 0.717) is 24.5 Å². The Kier molecular flexibility index (Phi) is 5.39. The quantitative estimate of drug-likeness (QED) is 0.763. The number of anilines is 1. The molecular formula is C17H23N3O3. The fraction of sp³-hybridized carbons (Fsp3) is 0.412. The molecule has 1 unspecified atom stereocenters. The lowest BCUT2D eigenvalue weighted by molar-refractivity contribution is 0.129. The molecule has 1 aromatic heterocycles. The maximum absolute atomic E-state index is 11.9. The molecule has 1 atom stereocenters. The molecule has 0 saturated heterocycles. The molecule has 1 aromatic carbocycles. The van der Waals surface area contributed by atoms with Crippen LogP contribution in [0.5, 0.6) is 0 Å². The van der Waals surface area contributed by atoms with E-state index in [4.69, 9.17) is 4.52 Å². The van der Waals surface area contributed by atoms with Crippen LogP contribution in [0.1, 0.15) is 27.2 Å². The smallest absolute Gasteiger partial charge is 0.320 e. The van der Waals surface area contributed by atoms with Crippen LogP contribution in [0.2, 0.25) is 0 Å². The lowest BCUT2D eigenvalue weighted by atomic mass is 9.87. The van der Waals surface area contributed by atoms with Crippen molar-refractivity contribution in [3.05, 3.63) is 36.4 Å². The van der Waals surface area contributed by atoms with Gasteiger partial charge in [0.2, 0.25) is 0 Å². The van der Waals surface area contributed by atoms with Gasteiger partial charge in [0.05, 0.1) is 6.10 Å². The lowest BCUT2D eigenvalue weighted by Crippen LogP contribution is -2.38. The number of aromatic nitrogens is 1. The number of rotatable bonds is 6. The van der Waals surface area contributed by atoms with E-state index in [-0.39, 0.29) is 11.4 Å². The minimum absolute atomic E-state index is 0.190. The second kappa shape index (κ2) is 7.28. The second-order valence-electron chi connectivity index (χ2n) is 6.47. The molecule has 6 nitrogen and oxygen atoms in total. The SMILES string of the molecule is CC(O)CC(C)(C)CNC(=O)Nc1cc(-c2ccccc2)on1. The normalized spacial score (nSPS) is 12.7. The Morgan fingerprint density at radius 1 is 1.35 bits per heavy atom. The maximum atomic E-state index is 11.9. The highest BCUT2D eigenvalue weighted by Gasteiger charge is 2.21. The lowest BCUT2D eigenvalue weighted by Gasteiger charge is -2.26. The van der Waals surface area contributed by atoms with Gasteiger partial charge in [0.1, 0.15) is 0 Å². The van der Waals surface area contributed by atoms with E-state index < -0.39 is 6.10 Å². The van der Waals surface area contributed by atoms with Crippen LogP contribution in [0, 0.1) is 5.41 Å². The van der Waals surface area contributed by atoms with E-state index in [1.165, 1.54) is 0 Å². The number of hydrogen-bond acceptors (Lipinski definition) is 4. The molecule has 1 heterocycles. The Hall–Kier alpha value is -2.34. The fourth-order valence-electron chi connectivity index (χ4n) is 2.42. The Balaban J connectivity index is 1.88. The van der Waals surface area contributed by atoms with E-state index in [2.05, 4.69) is 15.8 Å². The van der Waals surface area contributed by atoms with Crippen LogP contribution >= 0.6 is 0 Å². The van der Waals surface area contributed by atoms with Crippen molar-refractivity contribution in [3.8, 4) is 11.3 Å². The highest BCUT2D eigenvalue weighted by molar-refractivity contribution is 5.88. The van der Waals surface area contributed by atoms with Gasteiger partial charge >= 0.3 is 6.03 Å². The minimum atomic E-state index is -0.404. The molecule has 2 rings (SSSR count). The van der Waals surface area contributed by atoms with Crippen LogP contribution in [0.25, 0.3) is 11.3 Å². The number of amides is 2. The first kappa shape index (κ1) is 17.0. The van der Waals surface area contributed by atoms with Gasteiger partial charge in [-0.2, -0.15) is 0 Å². The number of nitrogens with one attached hydrogen (secondary N) is 2. The van der Waals surface area contributed by atoms with Gasteiger partial charge in [0, 0.05) is 18.2 Å². The van der Waals surface area contributed by atoms with Gasteiger partial charge in [-0.15, -0.1) is 0 Å². The van der Waals surface area contributed by atoms with Crippen LogP contribution in [0.3, 0.4) is 0 Å². The van der Waals surface area contributed by atoms with E-state index >= 15 is 0 Å². The van der Waals surface area contributed by atoms with Gasteiger partial charge in [-0.25, -0.2) is 4.79 Å². The number of aliphatic hydroxyl groups excluding tert-OH is 1. The van der Waals surface area contributed by atoms with E-state index in [1.807, 2.05) is 44.2 Å². The first-order valence-electron chi connectivity index (χ1n) is 7.61. The summed E-state index contributed by atoms with van der Waals surface area (Å²) in [5.74, 6) is 0.949. The van der Waals surface area contributed by atoms with Gasteiger partial charge in [0.25, 0.3) is 0 Å². The summed E-state index contributed by atoms with van der Waals surface area (Å²) in [4.78, 5) is 11.9. The van der Waals surface area contributed by atoms with Gasteiger partial charge < -0.3 is 14.9 Å². The molecule has 3 N–H and O–H groups in total. The highest BCUT2D eigenvalue weighted by atomic mass is 16.5. The van der Waals surface area contributed by atoms with E-state index in [1.54, 1.807) is 13.0 Å². The van der Waals surface area contributed by atoms with E-state index in [0.717, 1.165) is 5.56 Å². The van der Waals surface area contributed by atoms with Crippen molar-refractivity contribution in [1.29, 1.82) is 0 Å². The summed E-state index contributed by atoms with van der Waals surface area (Å²) < 4.78 is 5.22. The molecule has 0 aliphatic rings. The summed E-state index contributed by atoms with van der Waals surface area (Å²) in [7, 11) is 0. The maximum Gasteiger partial charge on any atom is 0.320 e. The Morgan fingerprint density at radius 2 is 2.04 bits per heavy atom. The predicted molar refractivity (Wildman–Crippen MR) is 89.0 cm³/mol. The zero-order valence-electron chi connectivity index (χ0n) is 13.7. The summed E-state index contributed by atoms with van der Waals surface area (Å²) in [6.07, 6.45) is 0.203. The molecule has 0 spiro atoms. The zero-order valence-corrected chi connectivity index (χ0v) is 13.7. The van der Waals surface area contributed by atoms with Crippen molar-refractivity contribution in [2.24, 2.45) is 5.41 Å². The average molecular weight is 317 g/mol. The number of aliphatic hydroxyl groups is 1. The second-order valence-corrected chi connectivity index (χ2v) is 6.47. The van der Waals surface area contributed by atoms with Crippen molar-refractivity contribution in [2.75, 3.05) is 11.9 Å². The number of urea groups is 1. The summed E-state index contributed by atoms with van der Waals surface area (Å²) >= 11 is 0. The predicted octanol–water partition coefficient (Wildman–Crippen LogP) is 3.26. The van der Waals surface area contributed by atoms with Crippen molar-refractivity contribution >= 4 is 11.8 Å².